The van der Waals surface area contributed by atoms with E-state index in [0.717, 1.165) is 39.4 Å². The van der Waals surface area contributed by atoms with Crippen LogP contribution in [0.2, 0.25) is 10.0 Å². The van der Waals surface area contributed by atoms with Crippen LogP contribution in [0.3, 0.4) is 0 Å². The van der Waals surface area contributed by atoms with Crippen LogP contribution in [-0.4, -0.2) is 14.8 Å². The van der Waals surface area contributed by atoms with E-state index in [2.05, 4.69) is 27.8 Å². The van der Waals surface area contributed by atoms with E-state index >= 15 is 0 Å². The summed E-state index contributed by atoms with van der Waals surface area (Å²) in [7, 11) is 0. The first kappa shape index (κ1) is 16.4. The monoisotopic (exact) mass is 363 g/mol. The number of thioether (sulfide) groups is 1. The van der Waals surface area contributed by atoms with Crippen molar-refractivity contribution in [3.05, 3.63) is 64.1 Å². The molecule has 0 saturated carbocycles. The van der Waals surface area contributed by atoms with Crippen LogP contribution >= 0.6 is 35.0 Å². The summed E-state index contributed by atoms with van der Waals surface area (Å²) < 4.78 is 2.08. The summed E-state index contributed by atoms with van der Waals surface area (Å²) in [6.07, 6.45) is 0. The first-order valence-corrected chi connectivity index (χ1v) is 8.98. The molecule has 0 aliphatic heterocycles. The first-order valence-electron chi connectivity index (χ1n) is 7.24. The number of aromatic nitrogens is 3. The van der Waals surface area contributed by atoms with Crippen molar-refractivity contribution in [2.24, 2.45) is 0 Å². The molecule has 23 heavy (non-hydrogen) atoms. The van der Waals surface area contributed by atoms with Gasteiger partial charge in [0.15, 0.2) is 11.0 Å². The molecule has 1 heterocycles. The summed E-state index contributed by atoms with van der Waals surface area (Å²) in [5, 5.41) is 11.0. The van der Waals surface area contributed by atoms with Crippen LogP contribution in [0.15, 0.2) is 53.7 Å². The maximum absolute atomic E-state index is 6.28. The molecule has 3 aromatic rings. The zero-order valence-corrected chi connectivity index (χ0v) is 14.9. The molecule has 118 valence electrons. The second-order valence-electron chi connectivity index (χ2n) is 4.95. The Balaban J connectivity index is 1.85. The van der Waals surface area contributed by atoms with Crippen LogP contribution in [0.5, 0.6) is 0 Å². The van der Waals surface area contributed by atoms with Crippen molar-refractivity contribution in [1.82, 2.24) is 14.8 Å². The van der Waals surface area contributed by atoms with E-state index in [9.17, 15) is 0 Å². The molecule has 0 bridgehead atoms. The molecule has 0 aliphatic carbocycles. The van der Waals surface area contributed by atoms with Gasteiger partial charge in [-0.3, -0.25) is 0 Å². The zero-order valence-electron chi connectivity index (χ0n) is 12.5. The highest BCUT2D eigenvalue weighted by atomic mass is 35.5. The van der Waals surface area contributed by atoms with Crippen LogP contribution in [0, 0.1) is 0 Å². The molecule has 3 rings (SSSR count). The van der Waals surface area contributed by atoms with E-state index < -0.39 is 0 Å². The summed E-state index contributed by atoms with van der Waals surface area (Å²) >= 11 is 14.0. The molecule has 0 fully saturated rings. The number of nitrogens with zero attached hydrogens (tertiary/aromatic N) is 3. The Morgan fingerprint density at radius 1 is 1.04 bits per heavy atom. The molecule has 0 amide bonds. The van der Waals surface area contributed by atoms with E-state index in [1.807, 2.05) is 42.5 Å². The van der Waals surface area contributed by atoms with Gasteiger partial charge in [-0.2, -0.15) is 0 Å². The van der Waals surface area contributed by atoms with E-state index in [1.54, 1.807) is 11.8 Å². The smallest absolute Gasteiger partial charge is 0.191 e. The topological polar surface area (TPSA) is 30.7 Å². The Morgan fingerprint density at radius 2 is 1.87 bits per heavy atom. The molecule has 0 atom stereocenters. The Kier molecular flexibility index (Phi) is 5.26. The van der Waals surface area contributed by atoms with Gasteiger partial charge in [0.1, 0.15) is 0 Å². The summed E-state index contributed by atoms with van der Waals surface area (Å²) in [4.78, 5) is 0. The van der Waals surface area contributed by atoms with E-state index in [-0.39, 0.29) is 0 Å². The van der Waals surface area contributed by atoms with Gasteiger partial charge >= 0.3 is 0 Å². The van der Waals surface area contributed by atoms with E-state index in [0.29, 0.717) is 5.02 Å². The van der Waals surface area contributed by atoms with Crippen molar-refractivity contribution in [3.8, 4) is 11.4 Å². The highest BCUT2D eigenvalue weighted by molar-refractivity contribution is 7.98. The fraction of sp³-hybridized carbons (Fsp3) is 0.176. The number of benzene rings is 2. The fourth-order valence-electron chi connectivity index (χ4n) is 2.30. The van der Waals surface area contributed by atoms with Gasteiger partial charge in [0.25, 0.3) is 0 Å². The Hall–Kier alpha value is -1.49. The predicted molar refractivity (Wildman–Crippen MR) is 97.2 cm³/mol. The van der Waals surface area contributed by atoms with Gasteiger partial charge in [-0.1, -0.05) is 59.2 Å². The molecule has 0 aliphatic rings. The molecule has 1 aromatic heterocycles. The second kappa shape index (κ2) is 7.39. The van der Waals surface area contributed by atoms with Crippen LogP contribution in [0.25, 0.3) is 11.4 Å². The van der Waals surface area contributed by atoms with Crippen molar-refractivity contribution in [2.45, 2.75) is 24.4 Å². The van der Waals surface area contributed by atoms with Crippen LogP contribution in [-0.2, 0) is 12.3 Å². The minimum absolute atomic E-state index is 0.681. The van der Waals surface area contributed by atoms with Gasteiger partial charge in [0.05, 0.1) is 5.02 Å². The molecule has 0 radical (unpaired) electrons. The van der Waals surface area contributed by atoms with Gasteiger partial charge in [-0.05, 0) is 36.8 Å². The van der Waals surface area contributed by atoms with Crippen molar-refractivity contribution in [3.63, 3.8) is 0 Å². The molecule has 6 heteroatoms. The van der Waals surface area contributed by atoms with Gasteiger partial charge < -0.3 is 4.57 Å². The quantitative estimate of drug-likeness (QED) is 0.555. The fourth-order valence-corrected chi connectivity index (χ4v) is 3.68. The van der Waals surface area contributed by atoms with Crippen LogP contribution in [0.4, 0.5) is 0 Å². The van der Waals surface area contributed by atoms with E-state index in [1.165, 1.54) is 0 Å². The van der Waals surface area contributed by atoms with Gasteiger partial charge in [0.2, 0.25) is 0 Å². The van der Waals surface area contributed by atoms with Crippen molar-refractivity contribution < 1.29 is 0 Å². The molecule has 0 unspecified atom stereocenters. The maximum Gasteiger partial charge on any atom is 0.191 e. The van der Waals surface area contributed by atoms with Gasteiger partial charge in [-0.25, -0.2) is 0 Å². The highest BCUT2D eigenvalue weighted by Crippen LogP contribution is 2.30. The number of rotatable bonds is 5. The van der Waals surface area contributed by atoms with Crippen LogP contribution in [0.1, 0.15) is 12.5 Å². The minimum Gasteiger partial charge on any atom is -0.302 e. The van der Waals surface area contributed by atoms with Gasteiger partial charge in [-0.15, -0.1) is 10.2 Å². The third-order valence-corrected chi connectivity index (χ3v) is 5.01. The molecular formula is C17H15Cl2N3S. The van der Waals surface area contributed by atoms with Crippen LogP contribution < -0.4 is 0 Å². The molecular weight excluding hydrogens is 349 g/mol. The second-order valence-corrected chi connectivity index (χ2v) is 6.74. The number of halogens is 2. The molecule has 0 saturated heterocycles. The lowest BCUT2D eigenvalue weighted by molar-refractivity contribution is 0.687. The first-order chi connectivity index (χ1) is 11.2. The highest BCUT2D eigenvalue weighted by Gasteiger charge is 2.15. The summed E-state index contributed by atoms with van der Waals surface area (Å²) in [5.41, 5.74) is 2.06. The summed E-state index contributed by atoms with van der Waals surface area (Å²) in [6.45, 7) is 2.86. The van der Waals surface area contributed by atoms with Crippen molar-refractivity contribution >= 4 is 35.0 Å². The SMILES string of the molecule is CCn1c(SCc2cccc(Cl)c2)nnc1-c1ccccc1Cl. The zero-order chi connectivity index (χ0) is 16.2. The largest absolute Gasteiger partial charge is 0.302 e. The average molecular weight is 364 g/mol. The van der Waals surface area contributed by atoms with Crippen molar-refractivity contribution in [1.29, 1.82) is 0 Å². The maximum atomic E-state index is 6.28. The molecule has 3 nitrogen and oxygen atoms in total. The van der Waals surface area contributed by atoms with Gasteiger partial charge in [0, 0.05) is 22.9 Å². The number of hydrogen-bond donors (Lipinski definition) is 0. The summed E-state index contributed by atoms with van der Waals surface area (Å²) in [5.74, 6) is 1.59. The lowest BCUT2D eigenvalue weighted by atomic mass is 10.2. The lowest BCUT2D eigenvalue weighted by Crippen LogP contribution is -2.00. The standard InChI is InChI=1S/C17H15Cl2N3S/c1-2-22-16(14-8-3-4-9-15(14)19)20-21-17(22)23-11-12-6-5-7-13(18)10-12/h3-10H,2,11H2,1H3. The third-order valence-electron chi connectivity index (χ3n) is 3.40. The summed E-state index contributed by atoms with van der Waals surface area (Å²) in [6, 6.07) is 15.5. The normalized spacial score (nSPS) is 10.9. The molecule has 2 aromatic carbocycles. The molecule has 0 spiro atoms. The molecule has 0 N–H and O–H groups in total. The predicted octanol–water partition coefficient (Wildman–Crippen LogP) is 5.56. The Bertz CT molecular complexity index is 817. The third kappa shape index (κ3) is 3.71. The minimum atomic E-state index is 0.681. The lowest BCUT2D eigenvalue weighted by Gasteiger charge is -2.08. The van der Waals surface area contributed by atoms with Crippen molar-refractivity contribution in [2.75, 3.05) is 0 Å². The Morgan fingerprint density at radius 3 is 2.61 bits per heavy atom. The average Bonchev–Trinajstić information content (AvgIpc) is 2.96. The number of hydrogen-bond acceptors (Lipinski definition) is 3. The van der Waals surface area contributed by atoms with E-state index in [4.69, 9.17) is 23.2 Å². The Labute approximate surface area is 149 Å².